The van der Waals surface area contributed by atoms with Crippen molar-refractivity contribution in [3.63, 3.8) is 0 Å². The largest absolute Gasteiger partial charge is 0.491 e. The lowest BCUT2D eigenvalue weighted by Crippen LogP contribution is -2.27. The molecule has 0 aliphatic heterocycles. The molecule has 3 amide bonds. The maximum atomic E-state index is 11.8. The Balaban J connectivity index is 0.000000333. The number of rotatable bonds is 12. The van der Waals surface area contributed by atoms with E-state index in [0.717, 1.165) is 18.4 Å². The Bertz CT molecular complexity index is 2090. The average Bonchev–Trinajstić information content (AvgIpc) is 3.12. The summed E-state index contributed by atoms with van der Waals surface area (Å²) in [6.45, 7) is 21.3. The van der Waals surface area contributed by atoms with E-state index >= 15 is 0 Å². The van der Waals surface area contributed by atoms with Gasteiger partial charge in [-0.05, 0) is 118 Å². The minimum absolute atomic E-state index is 0.310. The van der Waals surface area contributed by atoms with Crippen LogP contribution >= 0.6 is 69.6 Å². The smallest absolute Gasteiger partial charge is 0.412 e. The van der Waals surface area contributed by atoms with Crippen molar-refractivity contribution in [2.75, 3.05) is 29.2 Å². The zero-order valence-electron chi connectivity index (χ0n) is 37.8. The summed E-state index contributed by atoms with van der Waals surface area (Å²) in [4.78, 5) is 35.1. The molecule has 12 nitrogen and oxygen atoms in total. The Morgan fingerprint density at radius 1 is 0.484 bits per heavy atom. The molecule has 4 aromatic rings. The molecule has 0 aromatic heterocycles. The van der Waals surface area contributed by atoms with E-state index in [4.69, 9.17) is 98.0 Å². The predicted molar refractivity (Wildman–Crippen MR) is 261 cm³/mol. The fourth-order valence-electron chi connectivity index (χ4n) is 4.77. The Labute approximate surface area is 406 Å². The van der Waals surface area contributed by atoms with Crippen LogP contribution in [0.1, 0.15) is 94.6 Å². The van der Waals surface area contributed by atoms with Crippen molar-refractivity contribution < 1.29 is 42.8 Å². The molecule has 4 aromatic carbocycles. The van der Waals surface area contributed by atoms with Crippen LogP contribution in [-0.4, -0.2) is 48.3 Å². The first-order chi connectivity index (χ1) is 29.7. The van der Waals surface area contributed by atoms with Crippen molar-refractivity contribution in [2.24, 2.45) is 0 Å². The van der Waals surface area contributed by atoms with Crippen LogP contribution in [0.5, 0.6) is 17.2 Å². The molecule has 0 aliphatic rings. The standard InChI is InChI=1S/C18H19Cl2NO3.C15H21Cl2NO3.C13H17Cl2NO3/c1-18(2,3)24-17(22)21-13-9-14(19)16(15(20)10-13)23-11-12-7-5-4-6-8-12;1-5-6-7-20-13-11(16)8-10(9-12(13)17)18-14(19)21-15(2,3)4;1-5-18-11-9(14)6-8(7-10(11)15)16-12(17)19-13(2,3)4/h4-10H,11H2,1-3H3,(H,21,22);8-9H,5-7H2,1-4H3,(H,18,19);6-7H,5H2,1-4H3,(H,16,17). The van der Waals surface area contributed by atoms with Gasteiger partial charge in [-0.15, -0.1) is 0 Å². The second-order valence-corrected chi connectivity index (χ2v) is 19.0. The van der Waals surface area contributed by atoms with E-state index in [1.807, 2.05) is 37.3 Å². The van der Waals surface area contributed by atoms with Gasteiger partial charge < -0.3 is 28.4 Å². The van der Waals surface area contributed by atoms with Gasteiger partial charge in [-0.3, -0.25) is 16.0 Å². The van der Waals surface area contributed by atoms with Crippen LogP contribution in [0.3, 0.4) is 0 Å². The number of halogens is 6. The molecule has 4 rings (SSSR count). The molecule has 64 heavy (non-hydrogen) atoms. The summed E-state index contributed by atoms with van der Waals surface area (Å²) in [5.74, 6) is 1.21. The van der Waals surface area contributed by atoms with Gasteiger partial charge in [0.25, 0.3) is 0 Å². The molecule has 0 atom stereocenters. The summed E-state index contributed by atoms with van der Waals surface area (Å²) in [5.41, 5.74) is 0.627. The summed E-state index contributed by atoms with van der Waals surface area (Å²) >= 11 is 36.7. The number of benzene rings is 4. The van der Waals surface area contributed by atoms with Crippen LogP contribution in [0.2, 0.25) is 30.1 Å². The minimum Gasteiger partial charge on any atom is -0.491 e. The molecule has 0 radical (unpaired) electrons. The van der Waals surface area contributed by atoms with E-state index in [1.54, 1.807) is 98.7 Å². The fraction of sp³-hybridized carbons (Fsp3) is 0.413. The van der Waals surface area contributed by atoms with E-state index in [1.165, 1.54) is 0 Å². The molecule has 0 spiro atoms. The van der Waals surface area contributed by atoms with Crippen LogP contribution in [0.15, 0.2) is 66.7 Å². The lowest BCUT2D eigenvalue weighted by molar-refractivity contribution is 0.0624. The molecule has 3 N–H and O–H groups in total. The number of carbonyl (C=O) groups excluding carboxylic acids is 3. The molecule has 0 saturated heterocycles. The number of nitrogens with one attached hydrogen (secondary N) is 3. The highest BCUT2D eigenvalue weighted by atomic mass is 35.5. The normalized spacial score (nSPS) is 11.1. The zero-order chi connectivity index (χ0) is 48.4. The first kappa shape index (κ1) is 56.0. The van der Waals surface area contributed by atoms with Crippen LogP contribution in [0, 0.1) is 0 Å². The lowest BCUT2D eigenvalue weighted by Gasteiger charge is -2.20. The molecule has 0 aliphatic carbocycles. The molecule has 0 fully saturated rings. The van der Waals surface area contributed by atoms with Crippen molar-refractivity contribution in [3.05, 3.63) is 102 Å². The third kappa shape index (κ3) is 22.1. The van der Waals surface area contributed by atoms with Crippen LogP contribution in [0.25, 0.3) is 0 Å². The van der Waals surface area contributed by atoms with Crippen LogP contribution in [0.4, 0.5) is 31.4 Å². The zero-order valence-corrected chi connectivity index (χ0v) is 42.4. The first-order valence-corrected chi connectivity index (χ1v) is 22.4. The van der Waals surface area contributed by atoms with Crippen molar-refractivity contribution >= 4 is 105 Å². The quantitative estimate of drug-likeness (QED) is 0.0934. The molecule has 0 saturated carbocycles. The summed E-state index contributed by atoms with van der Waals surface area (Å²) in [7, 11) is 0. The SMILES string of the molecule is CC(C)(C)OC(=O)Nc1cc(Cl)c(OCc2ccccc2)c(Cl)c1.CCCCOc1c(Cl)cc(NC(=O)OC(C)(C)C)cc1Cl.CCOc1c(Cl)cc(NC(=O)OC(C)(C)C)cc1Cl. The number of hydrogen-bond donors (Lipinski definition) is 3. The third-order valence-corrected chi connectivity index (χ3v) is 8.87. The van der Waals surface area contributed by atoms with Gasteiger partial charge in [0.15, 0.2) is 17.2 Å². The molecular formula is C46H57Cl6N3O9. The molecule has 0 heterocycles. The maximum Gasteiger partial charge on any atom is 0.412 e. The van der Waals surface area contributed by atoms with Crippen LogP contribution < -0.4 is 30.2 Å². The Morgan fingerprint density at radius 3 is 1.09 bits per heavy atom. The number of ether oxygens (including phenoxy) is 6. The second kappa shape index (κ2) is 26.1. The highest BCUT2D eigenvalue weighted by Gasteiger charge is 2.20. The number of carbonyl (C=O) groups is 3. The second-order valence-electron chi connectivity index (χ2n) is 16.6. The Morgan fingerprint density at radius 2 is 0.797 bits per heavy atom. The highest BCUT2D eigenvalue weighted by Crippen LogP contribution is 2.38. The van der Waals surface area contributed by atoms with Gasteiger partial charge in [-0.2, -0.15) is 0 Å². The minimum atomic E-state index is -0.587. The molecular weight excluding hydrogens is 951 g/mol. The third-order valence-electron chi connectivity index (χ3n) is 7.19. The van der Waals surface area contributed by atoms with Crippen LogP contribution in [-0.2, 0) is 20.8 Å². The van der Waals surface area contributed by atoms with Gasteiger partial charge >= 0.3 is 18.3 Å². The van der Waals surface area contributed by atoms with Crippen molar-refractivity contribution in [2.45, 2.75) is 112 Å². The number of unbranched alkanes of at least 4 members (excludes halogenated alkanes) is 1. The van der Waals surface area contributed by atoms with E-state index in [2.05, 4.69) is 22.9 Å². The number of anilines is 3. The van der Waals surface area contributed by atoms with Crippen molar-refractivity contribution in [1.82, 2.24) is 0 Å². The molecule has 18 heteroatoms. The topological polar surface area (TPSA) is 143 Å². The summed E-state index contributed by atoms with van der Waals surface area (Å²) < 4.78 is 32.0. The molecule has 0 unspecified atom stereocenters. The maximum absolute atomic E-state index is 11.8. The summed E-state index contributed by atoms with van der Waals surface area (Å²) in [5, 5.41) is 9.74. The Kier molecular flexibility index (Phi) is 22.8. The lowest BCUT2D eigenvalue weighted by atomic mass is 10.2. The fourth-order valence-corrected chi connectivity index (χ4v) is 6.56. The number of hydrogen-bond acceptors (Lipinski definition) is 9. The Hall–Kier alpha value is -4.17. The first-order valence-electron chi connectivity index (χ1n) is 20.1. The summed E-state index contributed by atoms with van der Waals surface area (Å²) in [6, 6.07) is 19.1. The average molecular weight is 1010 g/mol. The van der Waals surface area contributed by atoms with Gasteiger partial charge in [-0.1, -0.05) is 113 Å². The summed E-state index contributed by atoms with van der Waals surface area (Å²) in [6.07, 6.45) is 0.239. The predicted octanol–water partition coefficient (Wildman–Crippen LogP) is 16.2. The van der Waals surface area contributed by atoms with Gasteiger partial charge in [0.1, 0.15) is 23.4 Å². The molecule has 0 bridgehead atoms. The van der Waals surface area contributed by atoms with Gasteiger partial charge in [0.05, 0.1) is 43.3 Å². The van der Waals surface area contributed by atoms with Gasteiger partial charge in [0, 0.05) is 17.1 Å². The number of amides is 3. The van der Waals surface area contributed by atoms with E-state index < -0.39 is 35.1 Å². The van der Waals surface area contributed by atoms with E-state index in [9.17, 15) is 14.4 Å². The molecule has 352 valence electrons. The van der Waals surface area contributed by atoms with E-state index in [-0.39, 0.29) is 0 Å². The van der Waals surface area contributed by atoms with Gasteiger partial charge in [0.2, 0.25) is 0 Å². The van der Waals surface area contributed by atoms with Gasteiger partial charge in [-0.25, -0.2) is 14.4 Å². The highest BCUT2D eigenvalue weighted by molar-refractivity contribution is 6.39. The monoisotopic (exact) mass is 1010 g/mol. The van der Waals surface area contributed by atoms with E-state index in [0.29, 0.717) is 84.3 Å². The van der Waals surface area contributed by atoms with Crippen molar-refractivity contribution in [1.29, 1.82) is 0 Å². The van der Waals surface area contributed by atoms with Crippen molar-refractivity contribution in [3.8, 4) is 17.2 Å².